The zero-order chi connectivity index (χ0) is 18.5. The quantitative estimate of drug-likeness (QED) is 0.615. The Labute approximate surface area is 165 Å². The molecule has 2 N–H and O–H groups in total. The molecule has 3 rings (SSSR count). The summed E-state index contributed by atoms with van der Waals surface area (Å²) in [5, 5.41) is 9.25. The Morgan fingerprint density at radius 3 is 2.81 bits per heavy atom. The molecule has 1 aliphatic heterocycles. The Hall–Kier alpha value is -1.37. The molecule has 1 saturated heterocycles. The van der Waals surface area contributed by atoms with E-state index in [0.29, 0.717) is 0 Å². The van der Waals surface area contributed by atoms with E-state index in [1.54, 1.807) is 11.3 Å². The van der Waals surface area contributed by atoms with Gasteiger partial charge < -0.3 is 15.5 Å². The molecule has 2 aromatic rings. The summed E-state index contributed by atoms with van der Waals surface area (Å²) in [5.74, 6) is 0.858. The fraction of sp³-hybridized carbons (Fsp3) is 0.550. The Balaban J connectivity index is 1.72. The van der Waals surface area contributed by atoms with Crippen LogP contribution in [0.4, 0.5) is 5.00 Å². The molecule has 4 nitrogen and oxygen atoms in total. The van der Waals surface area contributed by atoms with Crippen LogP contribution >= 0.6 is 22.7 Å². The van der Waals surface area contributed by atoms with Crippen molar-refractivity contribution < 1.29 is 0 Å². The van der Waals surface area contributed by atoms with Gasteiger partial charge in [-0.15, -0.1) is 22.7 Å². The lowest BCUT2D eigenvalue weighted by atomic mass is 9.97. The van der Waals surface area contributed by atoms with Crippen LogP contribution in [0, 0.1) is 19.8 Å². The van der Waals surface area contributed by atoms with E-state index in [2.05, 4.69) is 53.9 Å². The van der Waals surface area contributed by atoms with E-state index in [-0.39, 0.29) is 0 Å². The first kappa shape index (κ1) is 19.4. The van der Waals surface area contributed by atoms with Gasteiger partial charge in [0.25, 0.3) is 0 Å². The minimum absolute atomic E-state index is 0.858. The first-order chi connectivity index (χ1) is 12.6. The molecule has 2 aromatic heterocycles. The fourth-order valence-electron chi connectivity index (χ4n) is 3.29. The number of thiophene rings is 1. The molecule has 0 unspecified atom stereocenters. The Bertz CT molecular complexity index is 730. The second kappa shape index (κ2) is 9.02. The fourth-order valence-corrected chi connectivity index (χ4v) is 5.10. The highest BCUT2D eigenvalue weighted by Gasteiger charge is 2.19. The number of nitrogens with zero attached hydrogens (tertiary/aromatic N) is 2. The number of nitrogens with one attached hydrogen (secondary N) is 2. The van der Waals surface area contributed by atoms with E-state index in [1.165, 1.54) is 46.2 Å². The van der Waals surface area contributed by atoms with Crippen molar-refractivity contribution in [2.24, 2.45) is 5.92 Å². The van der Waals surface area contributed by atoms with Crippen LogP contribution < -0.4 is 10.6 Å². The van der Waals surface area contributed by atoms with Gasteiger partial charge >= 0.3 is 0 Å². The van der Waals surface area contributed by atoms with Crippen molar-refractivity contribution in [2.45, 2.75) is 40.2 Å². The summed E-state index contributed by atoms with van der Waals surface area (Å²) in [6, 6.07) is 2.27. The summed E-state index contributed by atoms with van der Waals surface area (Å²) in [6.07, 6.45) is 4.52. The molecule has 0 radical (unpaired) electrons. The molecule has 1 aliphatic rings. The lowest BCUT2D eigenvalue weighted by molar-refractivity contribution is 0.295. The molecule has 0 atom stereocenters. The average Bonchev–Trinajstić information content (AvgIpc) is 3.14. The summed E-state index contributed by atoms with van der Waals surface area (Å²) in [7, 11) is 0. The van der Waals surface area contributed by atoms with Gasteiger partial charge in [-0.3, -0.25) is 0 Å². The third-order valence-electron chi connectivity index (χ3n) is 4.81. The molecule has 3 heterocycles. The smallest absolute Gasteiger partial charge is 0.0979 e. The maximum absolute atomic E-state index is 4.48. The van der Waals surface area contributed by atoms with Crippen molar-refractivity contribution >= 4 is 33.4 Å². The van der Waals surface area contributed by atoms with Gasteiger partial charge in [-0.25, -0.2) is 4.98 Å². The number of aryl methyl sites for hydroxylation is 2. The first-order valence-corrected chi connectivity index (χ1v) is 11.1. The molecule has 6 heteroatoms. The number of hydrogen-bond donors (Lipinski definition) is 2. The molecule has 142 valence electrons. The van der Waals surface area contributed by atoms with E-state index in [4.69, 9.17) is 0 Å². The minimum atomic E-state index is 0.858. The van der Waals surface area contributed by atoms with Crippen LogP contribution in [0.5, 0.6) is 0 Å². The zero-order valence-corrected chi connectivity index (χ0v) is 17.7. The Morgan fingerprint density at radius 1 is 1.38 bits per heavy atom. The maximum Gasteiger partial charge on any atom is 0.0979 e. The largest absolute Gasteiger partial charge is 0.377 e. The van der Waals surface area contributed by atoms with Gasteiger partial charge in [-0.05, 0) is 58.7 Å². The molecule has 0 spiro atoms. The van der Waals surface area contributed by atoms with Crippen LogP contribution in [-0.2, 0) is 6.54 Å². The van der Waals surface area contributed by atoms with Crippen molar-refractivity contribution in [3.63, 3.8) is 0 Å². The normalized spacial score (nSPS) is 14.3. The van der Waals surface area contributed by atoms with Crippen LogP contribution in [0.3, 0.4) is 0 Å². The maximum atomic E-state index is 4.48. The number of rotatable bonds is 10. The first-order valence-electron chi connectivity index (χ1n) is 9.47. The average molecular weight is 391 g/mol. The van der Waals surface area contributed by atoms with Gasteiger partial charge in [-0.2, -0.15) is 0 Å². The van der Waals surface area contributed by atoms with Crippen molar-refractivity contribution in [3.05, 3.63) is 39.2 Å². The van der Waals surface area contributed by atoms with Gasteiger partial charge in [0.15, 0.2) is 0 Å². The topological polar surface area (TPSA) is 40.2 Å². The predicted octanol–water partition coefficient (Wildman–Crippen LogP) is 4.73. The van der Waals surface area contributed by atoms with Gasteiger partial charge in [-0.1, -0.05) is 6.58 Å². The number of aromatic nitrogens is 1. The van der Waals surface area contributed by atoms with Gasteiger partial charge in [0.05, 0.1) is 16.6 Å². The third-order valence-corrected chi connectivity index (χ3v) is 6.71. The summed E-state index contributed by atoms with van der Waals surface area (Å²) in [5.41, 5.74) is 2.38. The summed E-state index contributed by atoms with van der Waals surface area (Å²) in [4.78, 5) is 9.51. The lowest BCUT2D eigenvalue weighted by Crippen LogP contribution is -2.42. The second-order valence-electron chi connectivity index (χ2n) is 7.01. The molecule has 0 amide bonds. The Morgan fingerprint density at radius 2 is 2.19 bits per heavy atom. The molecule has 0 aliphatic carbocycles. The number of hydrogen-bond acceptors (Lipinski definition) is 6. The standard InChI is InChI=1S/C20H30N4S2/c1-5-22-20-19(9-14(2)25-20)15(3)24(8-6-7-17-10-21-11-17)13-18-12-23-16(4)26-18/h9,12,17,21-22H,3,5-8,10-11,13H2,1-2,4H3. The SMILES string of the molecule is C=C(c1cc(C)sc1NCC)N(CCCC1CNC1)Cc1cnc(C)s1. The molecular weight excluding hydrogens is 360 g/mol. The lowest BCUT2D eigenvalue weighted by Gasteiger charge is -2.30. The van der Waals surface area contributed by atoms with E-state index < -0.39 is 0 Å². The molecular formula is C20H30N4S2. The zero-order valence-electron chi connectivity index (χ0n) is 16.1. The minimum Gasteiger partial charge on any atom is -0.377 e. The number of anilines is 1. The molecule has 0 saturated carbocycles. The Kier molecular flexibility index (Phi) is 6.73. The summed E-state index contributed by atoms with van der Waals surface area (Å²) < 4.78 is 0. The van der Waals surface area contributed by atoms with E-state index >= 15 is 0 Å². The highest BCUT2D eigenvalue weighted by molar-refractivity contribution is 7.16. The molecule has 1 fully saturated rings. The van der Waals surface area contributed by atoms with Crippen molar-refractivity contribution in [1.82, 2.24) is 15.2 Å². The van der Waals surface area contributed by atoms with E-state index in [9.17, 15) is 0 Å². The van der Waals surface area contributed by atoms with Crippen molar-refractivity contribution in [1.29, 1.82) is 0 Å². The summed E-state index contributed by atoms with van der Waals surface area (Å²) in [6.45, 7) is 16.1. The molecule has 0 aromatic carbocycles. The van der Waals surface area contributed by atoms with Gasteiger partial charge in [0, 0.05) is 40.3 Å². The molecule has 26 heavy (non-hydrogen) atoms. The predicted molar refractivity (Wildman–Crippen MR) is 115 cm³/mol. The van der Waals surface area contributed by atoms with Crippen LogP contribution in [0.2, 0.25) is 0 Å². The van der Waals surface area contributed by atoms with Crippen LogP contribution in [-0.4, -0.2) is 36.1 Å². The van der Waals surface area contributed by atoms with E-state index in [0.717, 1.165) is 36.3 Å². The monoisotopic (exact) mass is 390 g/mol. The van der Waals surface area contributed by atoms with Crippen LogP contribution in [0.15, 0.2) is 18.8 Å². The highest BCUT2D eigenvalue weighted by atomic mass is 32.1. The molecule has 0 bridgehead atoms. The van der Waals surface area contributed by atoms with Gasteiger partial charge in [0.1, 0.15) is 0 Å². The third kappa shape index (κ3) is 4.87. The second-order valence-corrected chi connectivity index (χ2v) is 9.59. The highest BCUT2D eigenvalue weighted by Crippen LogP contribution is 2.35. The number of thiazole rings is 1. The van der Waals surface area contributed by atoms with Crippen molar-refractivity contribution in [2.75, 3.05) is 31.5 Å². The van der Waals surface area contributed by atoms with E-state index in [1.807, 2.05) is 17.5 Å². The van der Waals surface area contributed by atoms with Crippen LogP contribution in [0.1, 0.15) is 40.1 Å². The summed E-state index contributed by atoms with van der Waals surface area (Å²) >= 11 is 3.61. The van der Waals surface area contributed by atoms with Crippen molar-refractivity contribution in [3.8, 4) is 0 Å². The van der Waals surface area contributed by atoms with Crippen LogP contribution in [0.25, 0.3) is 5.70 Å². The van der Waals surface area contributed by atoms with Gasteiger partial charge in [0.2, 0.25) is 0 Å².